The first-order valence-corrected chi connectivity index (χ1v) is 4.55. The van der Waals surface area contributed by atoms with Crippen LogP contribution >= 0.6 is 0 Å². The van der Waals surface area contributed by atoms with Gasteiger partial charge in [-0.1, -0.05) is 13.8 Å². The second kappa shape index (κ2) is 3.87. The summed E-state index contributed by atoms with van der Waals surface area (Å²) in [5.41, 5.74) is 0. The summed E-state index contributed by atoms with van der Waals surface area (Å²) in [5.74, 6) is -0.224. The van der Waals surface area contributed by atoms with E-state index in [0.717, 1.165) is 6.54 Å². The first-order chi connectivity index (χ1) is 6.02. The van der Waals surface area contributed by atoms with E-state index in [4.69, 9.17) is 0 Å². The molecule has 1 heterocycles. The van der Waals surface area contributed by atoms with Crippen molar-refractivity contribution >= 4 is 11.8 Å². The van der Waals surface area contributed by atoms with E-state index in [2.05, 4.69) is 0 Å². The van der Waals surface area contributed by atoms with Gasteiger partial charge in [-0.05, 0) is 7.05 Å². The zero-order valence-corrected chi connectivity index (χ0v) is 8.41. The average Bonchev–Trinajstić information content (AvgIpc) is 2.03. The quantitative estimate of drug-likeness (QED) is 0.573. The molecule has 1 fully saturated rings. The second-order valence-electron chi connectivity index (χ2n) is 3.78. The Hall–Kier alpha value is -0.900. The largest absolute Gasteiger partial charge is 0.296 e. The molecule has 0 aromatic rings. The van der Waals surface area contributed by atoms with Crippen molar-refractivity contribution in [3.63, 3.8) is 0 Å². The first-order valence-electron chi connectivity index (χ1n) is 4.55. The molecule has 4 heteroatoms. The van der Waals surface area contributed by atoms with E-state index in [9.17, 15) is 9.59 Å². The Labute approximate surface area is 78.5 Å². The molecule has 1 aliphatic heterocycles. The van der Waals surface area contributed by atoms with E-state index < -0.39 is 0 Å². The molecule has 0 aliphatic carbocycles. The van der Waals surface area contributed by atoms with Crippen LogP contribution in [-0.2, 0) is 9.59 Å². The topological polar surface area (TPSA) is 40.6 Å². The SMILES string of the molecule is CC(C)C(=O)N1CCN(C)CC1=O. The fourth-order valence-corrected chi connectivity index (χ4v) is 1.34. The predicted molar refractivity (Wildman–Crippen MR) is 49.1 cm³/mol. The third-order valence-corrected chi connectivity index (χ3v) is 2.17. The molecule has 0 spiro atoms. The molecular formula is C9H16N2O2. The zero-order valence-electron chi connectivity index (χ0n) is 8.41. The summed E-state index contributed by atoms with van der Waals surface area (Å²) in [4.78, 5) is 26.2. The van der Waals surface area contributed by atoms with Crippen LogP contribution < -0.4 is 0 Å². The summed E-state index contributed by atoms with van der Waals surface area (Å²) >= 11 is 0. The smallest absolute Gasteiger partial charge is 0.243 e. The van der Waals surface area contributed by atoms with Crippen molar-refractivity contribution in [2.75, 3.05) is 26.7 Å². The van der Waals surface area contributed by atoms with E-state index in [1.165, 1.54) is 4.90 Å². The van der Waals surface area contributed by atoms with Gasteiger partial charge in [-0.15, -0.1) is 0 Å². The molecule has 74 valence electrons. The third-order valence-electron chi connectivity index (χ3n) is 2.17. The minimum absolute atomic E-state index is 0.0573. The number of imide groups is 1. The number of likely N-dealkylation sites (N-methyl/N-ethyl adjacent to an activating group) is 1. The van der Waals surface area contributed by atoms with Crippen LogP contribution in [0.2, 0.25) is 0 Å². The molecule has 0 aromatic carbocycles. The molecule has 0 atom stereocenters. The number of rotatable bonds is 1. The lowest BCUT2D eigenvalue weighted by molar-refractivity contribution is -0.150. The summed E-state index contributed by atoms with van der Waals surface area (Å²) in [6, 6.07) is 0. The number of amides is 2. The summed E-state index contributed by atoms with van der Waals surface area (Å²) in [5, 5.41) is 0. The van der Waals surface area contributed by atoms with Gasteiger partial charge in [-0.25, -0.2) is 0 Å². The van der Waals surface area contributed by atoms with Crippen LogP contribution in [0.1, 0.15) is 13.8 Å². The van der Waals surface area contributed by atoms with E-state index in [1.807, 2.05) is 25.8 Å². The first kappa shape index (κ1) is 10.2. The van der Waals surface area contributed by atoms with Crippen molar-refractivity contribution in [2.24, 2.45) is 5.92 Å². The highest BCUT2D eigenvalue weighted by Gasteiger charge is 2.27. The summed E-state index contributed by atoms with van der Waals surface area (Å²) in [7, 11) is 1.88. The molecule has 0 N–H and O–H groups in total. The molecule has 0 radical (unpaired) electrons. The molecule has 13 heavy (non-hydrogen) atoms. The molecule has 4 nitrogen and oxygen atoms in total. The van der Waals surface area contributed by atoms with Crippen LogP contribution in [0.3, 0.4) is 0 Å². The standard InChI is InChI=1S/C9H16N2O2/c1-7(2)9(13)11-5-4-10(3)6-8(11)12/h7H,4-6H2,1-3H3. The van der Waals surface area contributed by atoms with E-state index in [1.54, 1.807) is 0 Å². The van der Waals surface area contributed by atoms with Gasteiger partial charge >= 0.3 is 0 Å². The van der Waals surface area contributed by atoms with Crippen molar-refractivity contribution in [3.8, 4) is 0 Å². The van der Waals surface area contributed by atoms with Crippen LogP contribution in [0.5, 0.6) is 0 Å². The van der Waals surface area contributed by atoms with Crippen LogP contribution in [0.25, 0.3) is 0 Å². The lowest BCUT2D eigenvalue weighted by atomic mass is 10.1. The van der Waals surface area contributed by atoms with Crippen molar-refractivity contribution in [1.29, 1.82) is 0 Å². The molecule has 1 aliphatic rings. The fourth-order valence-electron chi connectivity index (χ4n) is 1.34. The molecule has 0 bridgehead atoms. The Balaban J connectivity index is 2.61. The number of nitrogens with zero attached hydrogens (tertiary/aromatic N) is 2. The number of hydrogen-bond acceptors (Lipinski definition) is 3. The van der Waals surface area contributed by atoms with Crippen LogP contribution in [0.4, 0.5) is 0 Å². The van der Waals surface area contributed by atoms with Gasteiger partial charge < -0.3 is 0 Å². The summed E-state index contributed by atoms with van der Waals surface area (Å²) < 4.78 is 0. The van der Waals surface area contributed by atoms with Crippen molar-refractivity contribution in [1.82, 2.24) is 9.80 Å². The highest BCUT2D eigenvalue weighted by Crippen LogP contribution is 2.06. The predicted octanol–water partition coefficient (Wildman–Crippen LogP) is -0.0570. The van der Waals surface area contributed by atoms with Crippen LogP contribution in [-0.4, -0.2) is 48.3 Å². The maximum absolute atomic E-state index is 11.5. The number of hydrogen-bond donors (Lipinski definition) is 0. The fraction of sp³-hybridized carbons (Fsp3) is 0.778. The van der Waals surface area contributed by atoms with Gasteiger partial charge in [-0.3, -0.25) is 19.4 Å². The normalized spacial score (nSPS) is 19.7. The van der Waals surface area contributed by atoms with Gasteiger partial charge in [0.15, 0.2) is 0 Å². The minimum Gasteiger partial charge on any atom is -0.296 e. The number of carbonyl (C=O) groups is 2. The Kier molecular flexibility index (Phi) is 3.03. The minimum atomic E-state index is -0.0904. The van der Waals surface area contributed by atoms with E-state index in [-0.39, 0.29) is 17.7 Å². The van der Waals surface area contributed by atoms with Crippen molar-refractivity contribution in [3.05, 3.63) is 0 Å². The maximum atomic E-state index is 11.5. The molecular weight excluding hydrogens is 168 g/mol. The van der Waals surface area contributed by atoms with Gasteiger partial charge in [-0.2, -0.15) is 0 Å². The second-order valence-corrected chi connectivity index (χ2v) is 3.78. The summed E-state index contributed by atoms with van der Waals surface area (Å²) in [6.45, 7) is 5.30. The molecule has 2 amide bonds. The third kappa shape index (κ3) is 2.28. The van der Waals surface area contributed by atoms with Crippen LogP contribution in [0, 0.1) is 5.92 Å². The molecule has 1 saturated heterocycles. The van der Waals surface area contributed by atoms with Gasteiger partial charge in [0.1, 0.15) is 0 Å². The van der Waals surface area contributed by atoms with Gasteiger partial charge in [0.2, 0.25) is 11.8 Å². The Morgan fingerprint density at radius 1 is 1.38 bits per heavy atom. The highest BCUT2D eigenvalue weighted by molar-refractivity contribution is 5.97. The van der Waals surface area contributed by atoms with Crippen LogP contribution in [0.15, 0.2) is 0 Å². The lowest BCUT2D eigenvalue weighted by Crippen LogP contribution is -2.52. The Bertz CT molecular complexity index is 226. The zero-order chi connectivity index (χ0) is 10.0. The monoisotopic (exact) mass is 184 g/mol. The number of piperazine rings is 1. The maximum Gasteiger partial charge on any atom is 0.243 e. The Morgan fingerprint density at radius 3 is 2.46 bits per heavy atom. The van der Waals surface area contributed by atoms with Crippen molar-refractivity contribution in [2.45, 2.75) is 13.8 Å². The van der Waals surface area contributed by atoms with Gasteiger partial charge in [0, 0.05) is 19.0 Å². The number of carbonyl (C=O) groups excluding carboxylic acids is 2. The highest BCUT2D eigenvalue weighted by atomic mass is 16.2. The Morgan fingerprint density at radius 2 is 2.00 bits per heavy atom. The van der Waals surface area contributed by atoms with E-state index >= 15 is 0 Å². The average molecular weight is 184 g/mol. The molecule has 1 rings (SSSR count). The van der Waals surface area contributed by atoms with E-state index in [0.29, 0.717) is 13.1 Å². The van der Waals surface area contributed by atoms with Gasteiger partial charge in [0.25, 0.3) is 0 Å². The van der Waals surface area contributed by atoms with Gasteiger partial charge in [0.05, 0.1) is 6.54 Å². The summed E-state index contributed by atoms with van der Waals surface area (Å²) in [6.07, 6.45) is 0. The molecule has 0 aromatic heterocycles. The van der Waals surface area contributed by atoms with Crippen molar-refractivity contribution < 1.29 is 9.59 Å². The lowest BCUT2D eigenvalue weighted by Gasteiger charge is -2.31. The molecule has 0 unspecified atom stereocenters. The molecule has 0 saturated carbocycles.